The second-order valence-electron chi connectivity index (χ2n) is 13.5. The summed E-state index contributed by atoms with van der Waals surface area (Å²) >= 11 is 0. The first-order valence-corrected chi connectivity index (χ1v) is 17.2. The highest BCUT2D eigenvalue weighted by Gasteiger charge is 2.23. The van der Waals surface area contributed by atoms with Crippen molar-refractivity contribution in [2.45, 2.75) is 13.1 Å². The maximum absolute atomic E-state index is 5.10. The van der Waals surface area contributed by atoms with Gasteiger partial charge in [0, 0.05) is 39.2 Å². The lowest BCUT2D eigenvalue weighted by Gasteiger charge is -2.12. The van der Waals surface area contributed by atoms with Gasteiger partial charge in [0.1, 0.15) is 0 Å². The quantitative estimate of drug-likeness (QED) is 0.197. The zero-order valence-corrected chi connectivity index (χ0v) is 27.2. The van der Waals surface area contributed by atoms with Gasteiger partial charge in [0.05, 0.1) is 34.0 Å². The van der Waals surface area contributed by atoms with Crippen LogP contribution in [0.2, 0.25) is 0 Å². The van der Waals surface area contributed by atoms with Crippen LogP contribution in [0.15, 0.2) is 151 Å². The minimum atomic E-state index is 0.623. The van der Waals surface area contributed by atoms with Crippen molar-refractivity contribution in [3.8, 4) is 22.3 Å². The Bertz CT molecular complexity index is 2960. The molecule has 0 amide bonds. The van der Waals surface area contributed by atoms with Crippen molar-refractivity contribution in [3.05, 3.63) is 162 Å². The largest absolute Gasteiger partial charge is 0.380 e. The Balaban J connectivity index is 0.868. The predicted molar refractivity (Wildman–Crippen MR) is 209 cm³/mol. The van der Waals surface area contributed by atoms with Crippen molar-refractivity contribution in [1.29, 1.82) is 0 Å². The van der Waals surface area contributed by atoms with Crippen LogP contribution in [0.1, 0.15) is 11.1 Å². The molecule has 4 nitrogen and oxygen atoms in total. The van der Waals surface area contributed by atoms with Gasteiger partial charge in [-0.05, 0) is 85.9 Å². The highest BCUT2D eigenvalue weighted by molar-refractivity contribution is 6.28. The fourth-order valence-corrected chi connectivity index (χ4v) is 8.20. The summed E-state index contributed by atoms with van der Waals surface area (Å²) in [4.78, 5) is 13.8. The van der Waals surface area contributed by atoms with E-state index in [1.165, 1.54) is 71.1 Å². The molecule has 0 atom stereocenters. The van der Waals surface area contributed by atoms with Gasteiger partial charge >= 0.3 is 0 Å². The summed E-state index contributed by atoms with van der Waals surface area (Å²) in [5.74, 6) is 0. The molecule has 1 aromatic heterocycles. The van der Waals surface area contributed by atoms with E-state index in [-0.39, 0.29) is 0 Å². The number of benzene rings is 8. The summed E-state index contributed by atoms with van der Waals surface area (Å²) in [6.07, 6.45) is 0. The molecule has 0 aliphatic heterocycles. The summed E-state index contributed by atoms with van der Waals surface area (Å²) in [5, 5.41) is 14.7. The van der Waals surface area contributed by atoms with E-state index in [1.54, 1.807) is 0 Å². The van der Waals surface area contributed by atoms with Gasteiger partial charge in [0.15, 0.2) is 0 Å². The molecule has 1 heterocycles. The first-order chi connectivity index (χ1) is 24.8. The number of nitrogens with zero attached hydrogens (tertiary/aromatic N) is 2. The summed E-state index contributed by atoms with van der Waals surface area (Å²) in [6, 6.07) is 52.5. The van der Waals surface area contributed by atoms with E-state index in [0.717, 1.165) is 45.0 Å². The first kappa shape index (κ1) is 27.4. The minimum absolute atomic E-state index is 0.623. The summed E-state index contributed by atoms with van der Waals surface area (Å²) in [5.41, 5.74) is 13.0. The molecule has 1 aliphatic rings. The lowest BCUT2D eigenvalue weighted by atomic mass is 9.99. The highest BCUT2D eigenvalue weighted by atomic mass is 14.9. The van der Waals surface area contributed by atoms with E-state index in [9.17, 15) is 0 Å². The van der Waals surface area contributed by atoms with Crippen LogP contribution in [0.25, 0.3) is 87.4 Å². The number of hydrogen-bond acceptors (Lipinski definition) is 3. The molecule has 2 N–H and O–H groups in total. The summed E-state index contributed by atoms with van der Waals surface area (Å²) in [7, 11) is 0. The molecule has 0 radical (unpaired) electrons. The van der Waals surface area contributed by atoms with Crippen LogP contribution in [0.4, 0.5) is 5.69 Å². The molecule has 11 rings (SSSR count). The van der Waals surface area contributed by atoms with Crippen molar-refractivity contribution in [3.63, 3.8) is 0 Å². The molecule has 0 bridgehead atoms. The van der Waals surface area contributed by atoms with E-state index >= 15 is 0 Å². The Morgan fingerprint density at radius 3 is 2.12 bits per heavy atom. The smallest absolute Gasteiger partial charge is 0.0957 e. The van der Waals surface area contributed by atoms with Crippen LogP contribution in [0.3, 0.4) is 0 Å². The average Bonchev–Trinajstić information content (AvgIpc) is 3.66. The van der Waals surface area contributed by atoms with Crippen LogP contribution in [0, 0.1) is 0 Å². The zero-order chi connectivity index (χ0) is 32.8. The monoisotopic (exact) mass is 638 g/mol. The molecule has 0 saturated heterocycles. The normalized spacial score (nSPS) is 12.7. The molecule has 10 aromatic rings. The van der Waals surface area contributed by atoms with Gasteiger partial charge in [-0.1, -0.05) is 109 Å². The van der Waals surface area contributed by atoms with Gasteiger partial charge in [0.2, 0.25) is 0 Å². The van der Waals surface area contributed by atoms with Crippen LogP contribution >= 0.6 is 0 Å². The highest BCUT2D eigenvalue weighted by Crippen LogP contribution is 2.50. The zero-order valence-electron chi connectivity index (χ0n) is 27.2. The van der Waals surface area contributed by atoms with Crippen LogP contribution < -0.4 is 10.7 Å². The summed E-state index contributed by atoms with van der Waals surface area (Å²) < 4.78 is 0. The van der Waals surface area contributed by atoms with Crippen LogP contribution in [0.5, 0.6) is 0 Å². The molecule has 4 heteroatoms. The predicted octanol–water partition coefficient (Wildman–Crippen LogP) is 11.1. The third-order valence-electron chi connectivity index (χ3n) is 10.6. The van der Waals surface area contributed by atoms with Crippen LogP contribution in [-0.4, -0.2) is 9.97 Å². The van der Waals surface area contributed by atoms with Crippen molar-refractivity contribution in [2.24, 2.45) is 4.99 Å². The lowest BCUT2D eigenvalue weighted by Crippen LogP contribution is -2.03. The summed E-state index contributed by atoms with van der Waals surface area (Å²) in [6.45, 7) is 1.38. The van der Waals surface area contributed by atoms with Gasteiger partial charge in [-0.2, -0.15) is 0 Å². The number of para-hydroxylation sites is 2. The fourth-order valence-electron chi connectivity index (χ4n) is 8.20. The van der Waals surface area contributed by atoms with E-state index in [4.69, 9.17) is 9.98 Å². The molecule has 1 aliphatic carbocycles. The molecule has 0 unspecified atom stereocenters. The third kappa shape index (κ3) is 4.05. The van der Waals surface area contributed by atoms with E-state index in [2.05, 4.69) is 144 Å². The lowest BCUT2D eigenvalue weighted by molar-refractivity contribution is 1.01. The van der Waals surface area contributed by atoms with Gasteiger partial charge < -0.3 is 10.3 Å². The number of aromatic amines is 1. The molecule has 0 saturated carbocycles. The molecular formula is C46H30N4. The average molecular weight is 639 g/mol. The maximum Gasteiger partial charge on any atom is 0.0957 e. The van der Waals surface area contributed by atoms with Gasteiger partial charge in [-0.25, -0.2) is 4.98 Å². The molecule has 0 spiro atoms. The first-order valence-electron chi connectivity index (χ1n) is 17.2. The van der Waals surface area contributed by atoms with Gasteiger partial charge in [-0.3, -0.25) is 4.99 Å². The number of rotatable bonds is 5. The van der Waals surface area contributed by atoms with E-state index in [1.807, 2.05) is 12.1 Å². The number of fused-ring (bicyclic) bond motifs is 8. The Labute approximate surface area is 287 Å². The number of hydrogen-bond donors (Lipinski definition) is 2. The Hall–Kier alpha value is -6.52. The third-order valence-corrected chi connectivity index (χ3v) is 10.6. The topological polar surface area (TPSA) is 53.1 Å². The van der Waals surface area contributed by atoms with Crippen LogP contribution in [-0.2, 0) is 13.1 Å². The molecule has 9 aromatic carbocycles. The fraction of sp³-hybridized carbons (Fsp3) is 0.0435. The minimum Gasteiger partial charge on any atom is -0.380 e. The van der Waals surface area contributed by atoms with Gasteiger partial charge in [-0.15, -0.1) is 0 Å². The Morgan fingerprint density at radius 2 is 1.26 bits per heavy atom. The second-order valence-corrected chi connectivity index (χ2v) is 13.5. The van der Waals surface area contributed by atoms with Crippen molar-refractivity contribution < 1.29 is 0 Å². The molecule has 50 heavy (non-hydrogen) atoms. The van der Waals surface area contributed by atoms with E-state index < -0.39 is 0 Å². The van der Waals surface area contributed by atoms with Crippen molar-refractivity contribution in [2.75, 3.05) is 5.32 Å². The number of H-pyrrole nitrogens is 1. The standard InChI is InChI=1S/C46H30N4/c1-2-8-30-24-38-32-19-21-39(33-10-5-9-31(43(32)33)37(38)23-29(30)7-1)47-25-27-15-17-28(18-16-27)26-48-40-22-20-36-44-34(40)11-6-12-35(44)45-46(36)50-42-14-4-3-13-41(42)49-45/h1-24,47,50H,25-26H2. The maximum atomic E-state index is 5.10. The number of aromatic nitrogens is 2. The van der Waals surface area contributed by atoms with Crippen molar-refractivity contribution >= 4 is 70.8 Å². The van der Waals surface area contributed by atoms with Gasteiger partial charge in [0.25, 0.3) is 0 Å². The molecule has 0 fully saturated rings. The van der Waals surface area contributed by atoms with E-state index in [0.29, 0.717) is 6.54 Å². The number of nitrogens with one attached hydrogen (secondary N) is 2. The molecule has 234 valence electrons. The number of anilines is 1. The molecular weight excluding hydrogens is 609 g/mol. The SMILES string of the molecule is c1ccc2cc3c(cc2c1)-c1cccc2c(NCc4ccc(CN=c5ccc6c7[nH]c8ccccc8nc7c7cccc5c76)cc4)ccc-3c12. The second kappa shape index (κ2) is 10.5. The van der Waals surface area contributed by atoms with Crippen molar-refractivity contribution in [1.82, 2.24) is 9.97 Å². The Morgan fingerprint density at radius 1 is 0.540 bits per heavy atom. The Kier molecular flexibility index (Phi) is 5.75.